The molecule has 1 amide bonds. The average molecular weight is 360 g/mol. The highest BCUT2D eigenvalue weighted by atomic mass is 79.9. The lowest BCUT2D eigenvalue weighted by Crippen LogP contribution is -2.28. The van der Waals surface area contributed by atoms with E-state index in [9.17, 15) is 4.79 Å². The molecule has 0 aliphatic heterocycles. The van der Waals surface area contributed by atoms with E-state index in [0.717, 1.165) is 9.35 Å². The van der Waals surface area contributed by atoms with Gasteiger partial charge in [0.25, 0.3) is 5.91 Å². The van der Waals surface area contributed by atoms with Crippen molar-refractivity contribution in [3.8, 4) is 0 Å². The molecule has 0 unspecified atom stereocenters. The average Bonchev–Trinajstić information content (AvgIpc) is 2.99. The van der Waals surface area contributed by atoms with Gasteiger partial charge in [0.1, 0.15) is 6.10 Å². The van der Waals surface area contributed by atoms with Crippen LogP contribution in [0.25, 0.3) is 0 Å². The molecule has 2 aromatic rings. The van der Waals surface area contributed by atoms with E-state index in [4.69, 9.17) is 4.74 Å². The SMILES string of the molecule is CO[C@@H](CNC(=O)c1cc(Br)cs1)c1ccc(C)s1. The lowest BCUT2D eigenvalue weighted by atomic mass is 10.3. The number of methoxy groups -OCH3 is 1. The number of aryl methyl sites for hydroxylation is 1. The third-order valence-electron chi connectivity index (χ3n) is 2.60. The van der Waals surface area contributed by atoms with Gasteiger partial charge in [-0.1, -0.05) is 0 Å². The van der Waals surface area contributed by atoms with Crippen molar-refractivity contribution >= 4 is 44.5 Å². The summed E-state index contributed by atoms with van der Waals surface area (Å²) < 4.78 is 6.36. The second-order valence-corrected chi connectivity index (χ2v) is 7.16. The van der Waals surface area contributed by atoms with Crippen LogP contribution in [0.5, 0.6) is 0 Å². The summed E-state index contributed by atoms with van der Waals surface area (Å²) in [7, 11) is 1.66. The second kappa shape index (κ2) is 6.65. The van der Waals surface area contributed by atoms with Crippen LogP contribution in [0.3, 0.4) is 0 Å². The van der Waals surface area contributed by atoms with Crippen LogP contribution in [-0.4, -0.2) is 19.6 Å². The van der Waals surface area contributed by atoms with E-state index in [0.29, 0.717) is 11.4 Å². The third-order valence-corrected chi connectivity index (χ3v) is 5.38. The van der Waals surface area contributed by atoms with Gasteiger partial charge in [-0.05, 0) is 41.1 Å². The summed E-state index contributed by atoms with van der Waals surface area (Å²) >= 11 is 6.45. The Balaban J connectivity index is 1.95. The molecule has 0 saturated heterocycles. The van der Waals surface area contributed by atoms with Crippen molar-refractivity contribution in [2.24, 2.45) is 0 Å². The van der Waals surface area contributed by atoms with E-state index in [2.05, 4.69) is 34.2 Å². The first-order valence-electron chi connectivity index (χ1n) is 5.71. The fraction of sp³-hybridized carbons (Fsp3) is 0.308. The summed E-state index contributed by atoms with van der Waals surface area (Å²) in [5.41, 5.74) is 0. The number of hydrogen-bond acceptors (Lipinski definition) is 4. The summed E-state index contributed by atoms with van der Waals surface area (Å²) in [6.07, 6.45) is -0.0916. The minimum absolute atomic E-state index is 0.0639. The highest BCUT2D eigenvalue weighted by Gasteiger charge is 2.15. The van der Waals surface area contributed by atoms with Crippen molar-refractivity contribution in [2.45, 2.75) is 13.0 Å². The molecule has 1 N–H and O–H groups in total. The summed E-state index contributed by atoms with van der Waals surface area (Å²) in [5.74, 6) is -0.0639. The Hall–Kier alpha value is -0.690. The van der Waals surface area contributed by atoms with E-state index in [1.807, 2.05) is 17.5 Å². The Morgan fingerprint density at radius 3 is 2.84 bits per heavy atom. The molecule has 102 valence electrons. The largest absolute Gasteiger partial charge is 0.374 e. The van der Waals surface area contributed by atoms with Gasteiger partial charge >= 0.3 is 0 Å². The van der Waals surface area contributed by atoms with E-state index in [1.54, 1.807) is 18.4 Å². The number of hydrogen-bond donors (Lipinski definition) is 1. The predicted molar refractivity (Wildman–Crippen MR) is 83.2 cm³/mol. The molecule has 2 aromatic heterocycles. The number of carbonyl (C=O) groups is 1. The molecule has 0 bridgehead atoms. The van der Waals surface area contributed by atoms with Crippen LogP contribution in [-0.2, 0) is 4.74 Å². The summed E-state index contributed by atoms with van der Waals surface area (Å²) in [6.45, 7) is 2.54. The number of thiophene rings is 2. The van der Waals surface area contributed by atoms with E-state index >= 15 is 0 Å². The van der Waals surface area contributed by atoms with Gasteiger partial charge in [-0.15, -0.1) is 22.7 Å². The number of carbonyl (C=O) groups excluding carboxylic acids is 1. The second-order valence-electron chi connectivity index (χ2n) is 4.01. The topological polar surface area (TPSA) is 38.3 Å². The van der Waals surface area contributed by atoms with Crippen molar-refractivity contribution in [3.05, 3.63) is 42.7 Å². The maximum Gasteiger partial charge on any atom is 0.261 e. The minimum atomic E-state index is -0.0916. The maximum atomic E-state index is 11.9. The van der Waals surface area contributed by atoms with Crippen LogP contribution in [0, 0.1) is 6.92 Å². The van der Waals surface area contributed by atoms with E-state index in [1.165, 1.54) is 16.2 Å². The van der Waals surface area contributed by atoms with Gasteiger partial charge < -0.3 is 10.1 Å². The van der Waals surface area contributed by atoms with Crippen LogP contribution < -0.4 is 5.32 Å². The predicted octanol–water partition coefficient (Wildman–Crippen LogP) is 4.00. The Morgan fingerprint density at radius 2 is 2.32 bits per heavy atom. The minimum Gasteiger partial charge on any atom is -0.374 e. The third kappa shape index (κ3) is 3.89. The Morgan fingerprint density at radius 1 is 1.53 bits per heavy atom. The number of ether oxygens (including phenoxy) is 1. The van der Waals surface area contributed by atoms with Crippen molar-refractivity contribution < 1.29 is 9.53 Å². The smallest absolute Gasteiger partial charge is 0.261 e. The van der Waals surface area contributed by atoms with Gasteiger partial charge in [-0.25, -0.2) is 0 Å². The van der Waals surface area contributed by atoms with Crippen LogP contribution in [0.1, 0.15) is 25.5 Å². The maximum absolute atomic E-state index is 11.9. The van der Waals surface area contributed by atoms with Crippen LogP contribution in [0.4, 0.5) is 0 Å². The van der Waals surface area contributed by atoms with Gasteiger partial charge in [-0.2, -0.15) is 0 Å². The molecule has 0 aliphatic carbocycles. The van der Waals surface area contributed by atoms with E-state index in [-0.39, 0.29) is 12.0 Å². The molecule has 0 saturated carbocycles. The first-order valence-corrected chi connectivity index (χ1v) is 8.20. The van der Waals surface area contributed by atoms with Crippen LogP contribution >= 0.6 is 38.6 Å². The van der Waals surface area contributed by atoms with Crippen LogP contribution in [0.2, 0.25) is 0 Å². The molecule has 0 spiro atoms. The highest BCUT2D eigenvalue weighted by Crippen LogP contribution is 2.25. The zero-order valence-corrected chi connectivity index (χ0v) is 13.8. The first kappa shape index (κ1) is 14.7. The van der Waals surface area contributed by atoms with Gasteiger partial charge in [0, 0.05) is 33.3 Å². The molecule has 0 radical (unpaired) electrons. The summed E-state index contributed by atoms with van der Waals surface area (Å²) in [5, 5.41) is 4.80. The molecule has 6 heteroatoms. The molecule has 19 heavy (non-hydrogen) atoms. The molecule has 2 heterocycles. The summed E-state index contributed by atoms with van der Waals surface area (Å²) in [4.78, 5) is 15.0. The normalized spacial score (nSPS) is 12.4. The number of nitrogens with one attached hydrogen (secondary N) is 1. The zero-order chi connectivity index (χ0) is 13.8. The number of amides is 1. The Labute approximate surface area is 128 Å². The molecule has 1 atom stereocenters. The first-order chi connectivity index (χ1) is 9.10. The Kier molecular flexibility index (Phi) is 5.15. The zero-order valence-electron chi connectivity index (χ0n) is 10.6. The molecule has 0 fully saturated rings. The lowest BCUT2D eigenvalue weighted by Gasteiger charge is -2.14. The van der Waals surface area contributed by atoms with Gasteiger partial charge in [0.05, 0.1) is 4.88 Å². The fourth-order valence-corrected chi connectivity index (χ4v) is 3.93. The molecule has 2 rings (SSSR count). The van der Waals surface area contributed by atoms with Crippen LogP contribution in [0.15, 0.2) is 28.1 Å². The Bertz CT molecular complexity index is 564. The van der Waals surface area contributed by atoms with Crippen molar-refractivity contribution in [3.63, 3.8) is 0 Å². The van der Waals surface area contributed by atoms with Crippen molar-refractivity contribution in [1.82, 2.24) is 5.32 Å². The molecule has 0 aromatic carbocycles. The van der Waals surface area contributed by atoms with Gasteiger partial charge in [-0.3, -0.25) is 4.79 Å². The lowest BCUT2D eigenvalue weighted by molar-refractivity contribution is 0.0841. The molecular formula is C13H14BrNO2S2. The summed E-state index contributed by atoms with van der Waals surface area (Å²) in [6, 6.07) is 5.92. The van der Waals surface area contributed by atoms with Crippen molar-refractivity contribution in [1.29, 1.82) is 0 Å². The highest BCUT2D eigenvalue weighted by molar-refractivity contribution is 9.10. The van der Waals surface area contributed by atoms with E-state index < -0.39 is 0 Å². The number of halogens is 1. The molecule has 0 aliphatic rings. The fourth-order valence-electron chi connectivity index (χ4n) is 1.63. The molecular weight excluding hydrogens is 346 g/mol. The number of rotatable bonds is 5. The quantitative estimate of drug-likeness (QED) is 0.875. The standard InChI is InChI=1S/C13H14BrNO2S2/c1-8-3-4-11(19-8)10(17-2)6-15-13(16)12-5-9(14)7-18-12/h3-5,7,10H,6H2,1-2H3,(H,15,16)/t10-/m0/s1. The molecule has 3 nitrogen and oxygen atoms in total. The van der Waals surface area contributed by atoms with Gasteiger partial charge in [0.2, 0.25) is 0 Å². The van der Waals surface area contributed by atoms with Gasteiger partial charge in [0.15, 0.2) is 0 Å². The monoisotopic (exact) mass is 359 g/mol. The van der Waals surface area contributed by atoms with Crippen molar-refractivity contribution in [2.75, 3.05) is 13.7 Å².